The summed E-state index contributed by atoms with van der Waals surface area (Å²) in [6.07, 6.45) is 3.02. The van der Waals surface area contributed by atoms with Gasteiger partial charge < -0.3 is 10.3 Å². The van der Waals surface area contributed by atoms with Crippen LogP contribution in [0.5, 0.6) is 0 Å². The molecule has 0 amide bonds. The summed E-state index contributed by atoms with van der Waals surface area (Å²) >= 11 is 1.83. The third-order valence-electron chi connectivity index (χ3n) is 2.58. The van der Waals surface area contributed by atoms with Gasteiger partial charge in [-0.2, -0.15) is 0 Å². The van der Waals surface area contributed by atoms with E-state index in [1.165, 1.54) is 9.75 Å². The molecule has 0 aliphatic heterocycles. The van der Waals surface area contributed by atoms with Crippen LogP contribution in [0.15, 0.2) is 18.3 Å². The minimum absolute atomic E-state index is 0.483. The summed E-state index contributed by atoms with van der Waals surface area (Å²) in [4.78, 5) is 10.4. The number of H-pyrrole nitrogens is 1. The number of hydrogen-bond donors (Lipinski definition) is 2. The first-order chi connectivity index (χ1) is 8.19. The predicted octanol–water partition coefficient (Wildman–Crippen LogP) is 3.20. The summed E-state index contributed by atoms with van der Waals surface area (Å²) in [6.45, 7) is 7.25. The molecule has 0 saturated heterocycles. The molecule has 0 atom stereocenters. The molecule has 0 aromatic carbocycles. The molecule has 2 heterocycles. The van der Waals surface area contributed by atoms with Gasteiger partial charge in [0.2, 0.25) is 0 Å². The van der Waals surface area contributed by atoms with Crippen molar-refractivity contribution in [2.45, 2.75) is 39.8 Å². The number of nitrogens with zero attached hydrogens (tertiary/aromatic N) is 1. The number of aromatic nitrogens is 2. The lowest BCUT2D eigenvalue weighted by Crippen LogP contribution is -2.22. The SMILES string of the molecule is CCc1ccc(-c2cnc(CNC(C)C)[nH]2)s1. The Kier molecular flexibility index (Phi) is 3.97. The Morgan fingerprint density at radius 3 is 2.88 bits per heavy atom. The normalized spacial score (nSPS) is 11.3. The van der Waals surface area contributed by atoms with Gasteiger partial charge in [-0.3, -0.25) is 0 Å². The predicted molar refractivity (Wildman–Crippen MR) is 73.3 cm³/mol. The first-order valence-electron chi connectivity index (χ1n) is 6.05. The van der Waals surface area contributed by atoms with E-state index < -0.39 is 0 Å². The lowest BCUT2D eigenvalue weighted by molar-refractivity contribution is 0.575. The molecular formula is C13H19N3S. The maximum absolute atomic E-state index is 4.39. The second-order valence-corrected chi connectivity index (χ2v) is 5.57. The Morgan fingerprint density at radius 2 is 2.24 bits per heavy atom. The molecule has 0 fully saturated rings. The van der Waals surface area contributed by atoms with Crippen molar-refractivity contribution >= 4 is 11.3 Å². The van der Waals surface area contributed by atoms with Gasteiger partial charge in [-0.05, 0) is 18.6 Å². The smallest absolute Gasteiger partial charge is 0.120 e. The van der Waals surface area contributed by atoms with E-state index in [9.17, 15) is 0 Å². The highest BCUT2D eigenvalue weighted by Crippen LogP contribution is 2.26. The second-order valence-electron chi connectivity index (χ2n) is 4.40. The van der Waals surface area contributed by atoms with Crippen molar-refractivity contribution in [3.05, 3.63) is 29.0 Å². The average Bonchev–Trinajstić information content (AvgIpc) is 2.94. The van der Waals surface area contributed by atoms with E-state index in [1.807, 2.05) is 17.5 Å². The first-order valence-corrected chi connectivity index (χ1v) is 6.87. The number of thiophene rings is 1. The van der Waals surface area contributed by atoms with Crippen LogP contribution in [0.1, 0.15) is 31.5 Å². The van der Waals surface area contributed by atoms with E-state index in [1.54, 1.807) is 0 Å². The highest BCUT2D eigenvalue weighted by atomic mass is 32.1. The van der Waals surface area contributed by atoms with Crippen LogP contribution in [0.3, 0.4) is 0 Å². The molecule has 2 aromatic rings. The highest BCUT2D eigenvalue weighted by Gasteiger charge is 2.06. The summed E-state index contributed by atoms with van der Waals surface area (Å²) < 4.78 is 0. The molecule has 4 heteroatoms. The van der Waals surface area contributed by atoms with Gasteiger partial charge in [0.1, 0.15) is 5.82 Å². The average molecular weight is 249 g/mol. The van der Waals surface area contributed by atoms with Crippen LogP contribution in [0, 0.1) is 0 Å². The summed E-state index contributed by atoms with van der Waals surface area (Å²) in [6, 6.07) is 4.83. The van der Waals surface area contributed by atoms with Crippen molar-refractivity contribution in [3.63, 3.8) is 0 Å². The first kappa shape index (κ1) is 12.3. The zero-order chi connectivity index (χ0) is 12.3. The van der Waals surface area contributed by atoms with Crippen molar-refractivity contribution < 1.29 is 0 Å². The maximum Gasteiger partial charge on any atom is 0.120 e. The molecule has 0 radical (unpaired) electrons. The Hall–Kier alpha value is -1.13. The molecule has 0 bridgehead atoms. The number of imidazole rings is 1. The van der Waals surface area contributed by atoms with E-state index in [-0.39, 0.29) is 0 Å². The molecule has 92 valence electrons. The monoisotopic (exact) mass is 249 g/mol. The standard InChI is InChI=1S/C13H19N3S/c1-4-10-5-6-12(17-10)11-7-15-13(16-11)8-14-9(2)3/h5-7,9,14H,4,8H2,1-3H3,(H,15,16). The number of aromatic amines is 1. The zero-order valence-electron chi connectivity index (χ0n) is 10.6. The summed E-state index contributed by atoms with van der Waals surface area (Å²) in [5.74, 6) is 1.00. The van der Waals surface area contributed by atoms with Crippen molar-refractivity contribution in [2.24, 2.45) is 0 Å². The van der Waals surface area contributed by atoms with Crippen LogP contribution < -0.4 is 5.32 Å². The Balaban J connectivity index is 2.07. The van der Waals surface area contributed by atoms with Gasteiger partial charge in [0.15, 0.2) is 0 Å². The van der Waals surface area contributed by atoms with E-state index in [2.05, 4.69) is 48.2 Å². The van der Waals surface area contributed by atoms with E-state index in [4.69, 9.17) is 0 Å². The quantitative estimate of drug-likeness (QED) is 0.854. The van der Waals surface area contributed by atoms with Crippen LogP contribution >= 0.6 is 11.3 Å². The van der Waals surface area contributed by atoms with Crippen molar-refractivity contribution in [1.82, 2.24) is 15.3 Å². The lowest BCUT2D eigenvalue weighted by atomic mass is 10.3. The largest absolute Gasteiger partial charge is 0.340 e. The highest BCUT2D eigenvalue weighted by molar-refractivity contribution is 7.15. The van der Waals surface area contributed by atoms with Gasteiger partial charge in [0.25, 0.3) is 0 Å². The van der Waals surface area contributed by atoms with Crippen molar-refractivity contribution in [2.75, 3.05) is 0 Å². The van der Waals surface area contributed by atoms with Crippen molar-refractivity contribution in [1.29, 1.82) is 0 Å². The molecule has 3 nitrogen and oxygen atoms in total. The summed E-state index contributed by atoms with van der Waals surface area (Å²) in [7, 11) is 0. The summed E-state index contributed by atoms with van der Waals surface area (Å²) in [5, 5.41) is 3.35. The topological polar surface area (TPSA) is 40.7 Å². The van der Waals surface area contributed by atoms with Crippen LogP contribution in [-0.2, 0) is 13.0 Å². The Labute approximate surface area is 106 Å². The molecule has 2 rings (SSSR count). The van der Waals surface area contributed by atoms with Gasteiger partial charge in [-0.1, -0.05) is 20.8 Å². The molecule has 17 heavy (non-hydrogen) atoms. The molecule has 0 aliphatic rings. The molecule has 0 unspecified atom stereocenters. The molecule has 0 spiro atoms. The Bertz CT molecular complexity index is 470. The fraction of sp³-hybridized carbons (Fsp3) is 0.462. The number of hydrogen-bond acceptors (Lipinski definition) is 3. The van der Waals surface area contributed by atoms with Gasteiger partial charge in [0, 0.05) is 10.9 Å². The molecule has 2 aromatic heterocycles. The minimum atomic E-state index is 0.483. The van der Waals surface area contributed by atoms with Gasteiger partial charge >= 0.3 is 0 Å². The number of aryl methyl sites for hydroxylation is 1. The second kappa shape index (κ2) is 5.47. The van der Waals surface area contributed by atoms with Gasteiger partial charge in [-0.25, -0.2) is 4.98 Å². The molecular weight excluding hydrogens is 230 g/mol. The maximum atomic E-state index is 4.39. The zero-order valence-corrected chi connectivity index (χ0v) is 11.4. The minimum Gasteiger partial charge on any atom is -0.340 e. The molecule has 2 N–H and O–H groups in total. The fourth-order valence-corrected chi connectivity index (χ4v) is 2.50. The van der Waals surface area contributed by atoms with E-state index >= 15 is 0 Å². The van der Waals surface area contributed by atoms with Crippen LogP contribution in [-0.4, -0.2) is 16.0 Å². The van der Waals surface area contributed by atoms with Crippen LogP contribution in [0.4, 0.5) is 0 Å². The van der Waals surface area contributed by atoms with Gasteiger partial charge in [0.05, 0.1) is 23.3 Å². The van der Waals surface area contributed by atoms with Gasteiger partial charge in [-0.15, -0.1) is 11.3 Å². The van der Waals surface area contributed by atoms with E-state index in [0.29, 0.717) is 6.04 Å². The summed E-state index contributed by atoms with van der Waals surface area (Å²) in [5.41, 5.74) is 1.12. The van der Waals surface area contributed by atoms with Crippen molar-refractivity contribution in [3.8, 4) is 10.6 Å². The molecule has 0 aliphatic carbocycles. The third-order valence-corrected chi connectivity index (χ3v) is 3.84. The Morgan fingerprint density at radius 1 is 1.41 bits per heavy atom. The third kappa shape index (κ3) is 3.17. The molecule has 0 saturated carbocycles. The number of rotatable bonds is 5. The fourth-order valence-electron chi connectivity index (χ4n) is 1.59. The lowest BCUT2D eigenvalue weighted by Gasteiger charge is -2.04. The van der Waals surface area contributed by atoms with E-state index in [0.717, 1.165) is 24.5 Å². The number of nitrogens with one attached hydrogen (secondary N) is 2. The van der Waals surface area contributed by atoms with Crippen LogP contribution in [0.2, 0.25) is 0 Å². The van der Waals surface area contributed by atoms with Crippen LogP contribution in [0.25, 0.3) is 10.6 Å².